The molecule has 0 saturated carbocycles. The predicted molar refractivity (Wildman–Crippen MR) is 201 cm³/mol. The van der Waals surface area contributed by atoms with Crippen molar-refractivity contribution < 1.29 is 43.2 Å². The topological polar surface area (TPSA) is 147 Å². The zero-order valence-electron chi connectivity index (χ0n) is 30.7. The van der Waals surface area contributed by atoms with E-state index in [0.717, 1.165) is 13.1 Å². The number of carbonyl (C=O) groups is 4. The van der Waals surface area contributed by atoms with Crippen LogP contribution in [0.25, 0.3) is 0 Å². The van der Waals surface area contributed by atoms with Crippen molar-refractivity contribution >= 4 is 39.6 Å². The number of esters is 1. The molecular formula is C39H55BrN4O9. The number of allylic oxidation sites excluding steroid dienone is 1. The number of fused-ring (bicyclic) bond motifs is 1. The summed E-state index contributed by atoms with van der Waals surface area (Å²) < 4.78 is 24.1. The maximum absolute atomic E-state index is 14.8. The molecule has 14 heteroatoms. The lowest BCUT2D eigenvalue weighted by Gasteiger charge is -2.38. The smallest absolute Gasteiger partial charge is 0.313 e. The van der Waals surface area contributed by atoms with Gasteiger partial charge < -0.3 is 39.2 Å². The third-order valence-corrected chi connectivity index (χ3v) is 11.7. The van der Waals surface area contributed by atoms with Crippen LogP contribution >= 0.6 is 15.9 Å². The molecule has 2 bridgehead atoms. The van der Waals surface area contributed by atoms with Gasteiger partial charge >= 0.3 is 5.97 Å². The molecule has 2 N–H and O–H groups in total. The van der Waals surface area contributed by atoms with Crippen LogP contribution in [0.3, 0.4) is 0 Å². The maximum atomic E-state index is 14.8. The van der Waals surface area contributed by atoms with Crippen LogP contribution in [0.15, 0.2) is 55.6 Å². The van der Waals surface area contributed by atoms with Gasteiger partial charge in [0.25, 0.3) is 0 Å². The first-order valence-electron chi connectivity index (χ1n) is 18.8. The molecule has 3 amide bonds. The Balaban J connectivity index is 1.46. The lowest BCUT2D eigenvalue weighted by atomic mass is 9.70. The number of hydrogen-bond acceptors (Lipinski definition) is 10. The number of morpholine rings is 1. The molecule has 4 aliphatic rings. The summed E-state index contributed by atoms with van der Waals surface area (Å²) in [5.41, 5.74) is -0.614. The van der Waals surface area contributed by atoms with Crippen molar-refractivity contribution in [3.63, 3.8) is 0 Å². The Labute approximate surface area is 321 Å². The molecule has 53 heavy (non-hydrogen) atoms. The largest absolute Gasteiger partial charge is 0.455 e. The standard InChI is InChI=1S/C39H55BrN4O9/c1-4-6-15-30(46)41-29(26-50-3)33(27-13-9-7-10-14-27)52-38(49)31-32-36(47)44(17-11-8-12-22-45)35(39(32)25-28(40)34(31)53-39)37(48)43(16-5-2)19-18-42-20-23-51-24-21-42/h4-5,7,9-10,13-14,28-29,31-35,45H,1-2,6,8,11-12,15-26H2,3H3,(H,41,46)/t28?,29-,31+,32-,33-,34+,35+,39-/m0/s1. The Morgan fingerprint density at radius 2 is 1.89 bits per heavy atom. The molecule has 8 atom stereocenters. The minimum atomic E-state index is -1.26. The van der Waals surface area contributed by atoms with Crippen LogP contribution in [-0.2, 0) is 38.1 Å². The predicted octanol–water partition coefficient (Wildman–Crippen LogP) is 2.63. The van der Waals surface area contributed by atoms with Gasteiger partial charge in [0.05, 0.1) is 43.8 Å². The highest BCUT2D eigenvalue weighted by atomic mass is 79.9. The van der Waals surface area contributed by atoms with Crippen molar-refractivity contribution in [2.24, 2.45) is 11.8 Å². The zero-order valence-corrected chi connectivity index (χ0v) is 32.3. The number of methoxy groups -OCH3 is 1. The van der Waals surface area contributed by atoms with Gasteiger partial charge in [-0.05, 0) is 37.7 Å². The monoisotopic (exact) mass is 802 g/mol. The molecule has 0 aliphatic carbocycles. The SMILES string of the molecule is C=CCCC(=O)N[C@@H](COC)[C@@H](OC(=O)[C@H]1[C@@H]2O[C@@]3(CC2Br)[C@@H]1C(=O)N(CCCCCO)[C@@H]3C(=O)N(CC=C)CCN1CCOCC1)c1ccccc1. The van der Waals surface area contributed by atoms with Crippen molar-refractivity contribution in [3.8, 4) is 0 Å². The highest BCUT2D eigenvalue weighted by Gasteiger charge is 2.77. The molecule has 1 aromatic rings. The van der Waals surface area contributed by atoms with Gasteiger partial charge in [0.1, 0.15) is 17.7 Å². The van der Waals surface area contributed by atoms with Crippen LogP contribution in [0.4, 0.5) is 0 Å². The maximum Gasteiger partial charge on any atom is 0.313 e. The van der Waals surface area contributed by atoms with Crippen LogP contribution < -0.4 is 5.32 Å². The zero-order chi connectivity index (χ0) is 38.0. The van der Waals surface area contributed by atoms with E-state index >= 15 is 0 Å². The van der Waals surface area contributed by atoms with E-state index in [2.05, 4.69) is 39.3 Å². The number of aliphatic hydroxyl groups is 1. The summed E-state index contributed by atoms with van der Waals surface area (Å²) in [5.74, 6) is -3.40. The molecule has 1 unspecified atom stereocenters. The van der Waals surface area contributed by atoms with Gasteiger partial charge in [0, 0.05) is 64.2 Å². The highest BCUT2D eigenvalue weighted by molar-refractivity contribution is 9.09. The Morgan fingerprint density at radius 3 is 2.57 bits per heavy atom. The van der Waals surface area contributed by atoms with Crippen molar-refractivity contribution in [2.45, 2.75) is 73.2 Å². The minimum Gasteiger partial charge on any atom is -0.455 e. The third kappa shape index (κ3) is 9.22. The van der Waals surface area contributed by atoms with E-state index in [1.165, 1.54) is 7.11 Å². The number of nitrogens with zero attached hydrogens (tertiary/aromatic N) is 3. The van der Waals surface area contributed by atoms with Gasteiger partial charge in [0.2, 0.25) is 17.7 Å². The number of alkyl halides is 1. The number of ether oxygens (including phenoxy) is 4. The van der Waals surface area contributed by atoms with E-state index in [9.17, 15) is 24.3 Å². The molecule has 4 aliphatic heterocycles. The van der Waals surface area contributed by atoms with Gasteiger partial charge in [-0.15, -0.1) is 13.2 Å². The van der Waals surface area contributed by atoms with E-state index in [-0.39, 0.29) is 55.3 Å². The second kappa shape index (κ2) is 19.4. The molecule has 13 nitrogen and oxygen atoms in total. The lowest BCUT2D eigenvalue weighted by molar-refractivity contribution is -0.163. The first-order chi connectivity index (χ1) is 25.7. The van der Waals surface area contributed by atoms with Crippen molar-refractivity contribution in [1.82, 2.24) is 20.0 Å². The van der Waals surface area contributed by atoms with Gasteiger partial charge in [-0.25, -0.2) is 0 Å². The average molecular weight is 804 g/mol. The van der Waals surface area contributed by atoms with Crippen molar-refractivity contribution in [1.29, 1.82) is 0 Å². The summed E-state index contributed by atoms with van der Waals surface area (Å²) in [6.45, 7) is 12.2. The Kier molecular flexibility index (Phi) is 15.1. The second-order valence-corrected chi connectivity index (χ2v) is 15.4. The van der Waals surface area contributed by atoms with E-state index in [4.69, 9.17) is 18.9 Å². The molecule has 5 rings (SSSR count). The summed E-state index contributed by atoms with van der Waals surface area (Å²) in [6, 6.07) is 7.43. The molecule has 1 aromatic carbocycles. The van der Waals surface area contributed by atoms with Crippen LogP contribution in [-0.4, -0.2) is 145 Å². The summed E-state index contributed by atoms with van der Waals surface area (Å²) in [6.07, 6.45) is 4.56. The average Bonchev–Trinajstić information content (AvgIpc) is 3.76. The number of likely N-dealkylation sites (tertiary alicyclic amines) is 1. The number of hydrogen-bond donors (Lipinski definition) is 2. The molecule has 0 aromatic heterocycles. The normalized spacial score (nSPS) is 27.6. The van der Waals surface area contributed by atoms with Crippen molar-refractivity contribution in [3.05, 3.63) is 61.2 Å². The molecule has 0 radical (unpaired) electrons. The highest BCUT2D eigenvalue weighted by Crippen LogP contribution is 2.60. The molecule has 1 spiro atoms. The summed E-state index contributed by atoms with van der Waals surface area (Å²) in [5, 5.41) is 12.4. The quantitative estimate of drug-likeness (QED) is 0.0824. The number of benzene rings is 1. The summed E-state index contributed by atoms with van der Waals surface area (Å²) in [7, 11) is 1.51. The lowest BCUT2D eigenvalue weighted by Crippen LogP contribution is -2.57. The van der Waals surface area contributed by atoms with Crippen molar-refractivity contribution in [2.75, 3.05) is 72.8 Å². The first kappa shape index (κ1) is 41.0. The number of rotatable bonds is 21. The first-order valence-corrected chi connectivity index (χ1v) is 19.7. The van der Waals surface area contributed by atoms with Crippen LogP contribution in [0, 0.1) is 11.8 Å². The Hall–Kier alpha value is -3.14. The second-order valence-electron chi connectivity index (χ2n) is 14.2. The molecule has 4 fully saturated rings. The van der Waals surface area contributed by atoms with Crippen LogP contribution in [0.1, 0.15) is 50.2 Å². The number of carbonyl (C=O) groups excluding carboxylic acids is 4. The van der Waals surface area contributed by atoms with Gasteiger partial charge in [-0.2, -0.15) is 0 Å². The number of aliphatic hydroxyl groups excluding tert-OH is 1. The fourth-order valence-electron chi connectivity index (χ4n) is 8.32. The van der Waals surface area contributed by atoms with E-state index < -0.39 is 47.7 Å². The summed E-state index contributed by atoms with van der Waals surface area (Å²) in [4.78, 5) is 62.2. The van der Waals surface area contributed by atoms with E-state index in [1.54, 1.807) is 22.0 Å². The molecular weight excluding hydrogens is 748 g/mol. The van der Waals surface area contributed by atoms with Gasteiger partial charge in [-0.3, -0.25) is 24.1 Å². The van der Waals surface area contributed by atoms with Crippen LogP contribution in [0.5, 0.6) is 0 Å². The molecule has 4 saturated heterocycles. The molecule has 4 heterocycles. The van der Waals surface area contributed by atoms with E-state index in [0.29, 0.717) is 64.0 Å². The van der Waals surface area contributed by atoms with E-state index in [1.807, 2.05) is 30.3 Å². The number of halogens is 1. The number of unbranched alkanes of at least 4 members (excludes halogenated alkanes) is 2. The Morgan fingerprint density at radius 1 is 1.13 bits per heavy atom. The number of amides is 3. The van der Waals surface area contributed by atoms with Gasteiger partial charge in [-0.1, -0.05) is 58.4 Å². The summed E-state index contributed by atoms with van der Waals surface area (Å²) >= 11 is 3.76. The third-order valence-electron chi connectivity index (χ3n) is 10.8. The molecule has 292 valence electrons. The fourth-order valence-corrected chi connectivity index (χ4v) is 9.26. The van der Waals surface area contributed by atoms with Gasteiger partial charge in [0.15, 0.2) is 0 Å². The fraction of sp³-hybridized carbons (Fsp3) is 0.641. The minimum absolute atomic E-state index is 0.0306. The Bertz CT molecular complexity index is 1430. The number of nitrogens with one attached hydrogen (secondary N) is 1. The van der Waals surface area contributed by atoms with Crippen LogP contribution in [0.2, 0.25) is 0 Å².